The Kier molecular flexibility index (Phi) is 4.13. The van der Waals surface area contributed by atoms with Crippen molar-refractivity contribution < 1.29 is 4.74 Å². The maximum atomic E-state index is 6.23. The summed E-state index contributed by atoms with van der Waals surface area (Å²) in [5.74, 6) is 1.51. The molecule has 0 heterocycles. The number of benzene rings is 1. The van der Waals surface area contributed by atoms with E-state index in [1.54, 1.807) is 0 Å². The molecule has 1 aliphatic carbocycles. The minimum atomic E-state index is 0.210. The third-order valence-electron chi connectivity index (χ3n) is 3.92. The van der Waals surface area contributed by atoms with Gasteiger partial charge in [0.05, 0.1) is 0 Å². The monoisotopic (exact) mass is 374 g/mol. The van der Waals surface area contributed by atoms with E-state index < -0.39 is 0 Å². The smallest absolute Gasteiger partial charge is 0.123 e. The third kappa shape index (κ3) is 2.62. The van der Waals surface area contributed by atoms with Crippen LogP contribution in [0.15, 0.2) is 22.7 Å². The van der Waals surface area contributed by atoms with Gasteiger partial charge in [-0.25, -0.2) is 0 Å². The Labute approximate surface area is 127 Å². The van der Waals surface area contributed by atoms with Gasteiger partial charge in [-0.05, 0) is 36.1 Å². The van der Waals surface area contributed by atoms with Crippen LogP contribution < -0.4 is 4.74 Å². The zero-order valence-corrected chi connectivity index (χ0v) is 14.5. The second-order valence-corrected chi connectivity index (χ2v) is 7.99. The molecule has 2 unspecified atom stereocenters. The van der Waals surface area contributed by atoms with E-state index in [0.717, 1.165) is 16.6 Å². The van der Waals surface area contributed by atoms with Crippen LogP contribution in [0.4, 0.5) is 0 Å². The van der Waals surface area contributed by atoms with E-state index in [1.807, 2.05) is 0 Å². The lowest BCUT2D eigenvalue weighted by molar-refractivity contribution is -0.00853. The molecule has 0 radical (unpaired) electrons. The molecule has 0 spiro atoms. The molecule has 1 aromatic carbocycles. The van der Waals surface area contributed by atoms with E-state index in [2.05, 4.69) is 77.8 Å². The molecule has 3 heteroatoms. The maximum absolute atomic E-state index is 6.23. The highest BCUT2D eigenvalue weighted by Gasteiger charge is 2.48. The number of ether oxygens (including phenoxy) is 1. The van der Waals surface area contributed by atoms with Crippen molar-refractivity contribution in [2.45, 2.75) is 51.0 Å². The van der Waals surface area contributed by atoms with Crippen LogP contribution >= 0.6 is 31.9 Å². The van der Waals surface area contributed by atoms with E-state index in [0.29, 0.717) is 16.8 Å². The van der Waals surface area contributed by atoms with Gasteiger partial charge in [-0.15, -0.1) is 0 Å². The normalized spacial score (nSPS) is 25.9. The highest BCUT2D eigenvalue weighted by atomic mass is 79.9. The molecule has 0 saturated heterocycles. The van der Waals surface area contributed by atoms with Gasteiger partial charge in [-0.3, -0.25) is 0 Å². The summed E-state index contributed by atoms with van der Waals surface area (Å²) in [7, 11) is 0. The second-order valence-electron chi connectivity index (χ2n) is 5.97. The highest BCUT2D eigenvalue weighted by Crippen LogP contribution is 2.48. The standard InChI is InChI=1S/C15H20Br2O/c1-9(2)11-7-10(16)5-6-12(11)18-14-8-13(17)15(14,3)4/h5-7,9,13-14H,8H2,1-4H3. The summed E-state index contributed by atoms with van der Waals surface area (Å²) in [6.45, 7) is 8.92. The van der Waals surface area contributed by atoms with Gasteiger partial charge in [0.1, 0.15) is 11.9 Å². The number of halogens is 2. The van der Waals surface area contributed by atoms with Crippen LogP contribution in [0, 0.1) is 5.41 Å². The first-order valence-corrected chi connectivity index (χ1v) is 8.13. The molecule has 1 aliphatic rings. The minimum Gasteiger partial charge on any atom is -0.489 e. The van der Waals surface area contributed by atoms with Crippen molar-refractivity contribution in [3.8, 4) is 5.75 Å². The Morgan fingerprint density at radius 1 is 1.33 bits per heavy atom. The molecule has 0 aliphatic heterocycles. The molecule has 1 saturated carbocycles. The molecular formula is C15H20Br2O. The summed E-state index contributed by atoms with van der Waals surface area (Å²) in [6.07, 6.45) is 1.39. The van der Waals surface area contributed by atoms with Crippen molar-refractivity contribution in [3.05, 3.63) is 28.2 Å². The third-order valence-corrected chi connectivity index (χ3v) is 5.97. The van der Waals surface area contributed by atoms with Crippen LogP contribution in [0.25, 0.3) is 0 Å². The van der Waals surface area contributed by atoms with Crippen LogP contribution in [0.1, 0.15) is 45.6 Å². The first-order chi connectivity index (χ1) is 8.32. The number of hydrogen-bond acceptors (Lipinski definition) is 1. The van der Waals surface area contributed by atoms with Gasteiger partial charge in [-0.2, -0.15) is 0 Å². The van der Waals surface area contributed by atoms with Gasteiger partial charge >= 0.3 is 0 Å². The van der Waals surface area contributed by atoms with Crippen molar-refractivity contribution in [3.63, 3.8) is 0 Å². The first kappa shape index (κ1) is 14.4. The zero-order valence-electron chi connectivity index (χ0n) is 11.3. The average Bonchev–Trinajstić information content (AvgIpc) is 2.30. The van der Waals surface area contributed by atoms with Gasteiger partial charge in [0.2, 0.25) is 0 Å². The molecule has 0 N–H and O–H groups in total. The van der Waals surface area contributed by atoms with Gasteiger partial charge in [0, 0.05) is 14.7 Å². The van der Waals surface area contributed by atoms with Crippen molar-refractivity contribution in [2.24, 2.45) is 5.41 Å². The minimum absolute atomic E-state index is 0.210. The van der Waals surface area contributed by atoms with Crippen molar-refractivity contribution in [1.82, 2.24) is 0 Å². The molecule has 18 heavy (non-hydrogen) atoms. The topological polar surface area (TPSA) is 9.23 Å². The fraction of sp³-hybridized carbons (Fsp3) is 0.600. The summed E-state index contributed by atoms with van der Waals surface area (Å²) < 4.78 is 7.35. The second kappa shape index (κ2) is 5.16. The molecule has 0 aromatic heterocycles. The van der Waals surface area contributed by atoms with Crippen LogP contribution in [0.2, 0.25) is 0 Å². The SMILES string of the molecule is CC(C)c1cc(Br)ccc1OC1CC(Br)C1(C)C. The summed E-state index contributed by atoms with van der Waals surface area (Å²) in [6, 6.07) is 6.30. The Morgan fingerprint density at radius 3 is 2.50 bits per heavy atom. The number of alkyl halides is 1. The summed E-state index contributed by atoms with van der Waals surface area (Å²) in [5, 5.41) is 0. The van der Waals surface area contributed by atoms with Gasteiger partial charge in [-0.1, -0.05) is 59.6 Å². The summed E-state index contributed by atoms with van der Waals surface area (Å²) in [5.41, 5.74) is 1.49. The van der Waals surface area contributed by atoms with Crippen molar-refractivity contribution in [1.29, 1.82) is 0 Å². The Balaban J connectivity index is 2.20. The quantitative estimate of drug-likeness (QED) is 0.632. The van der Waals surface area contributed by atoms with E-state index in [-0.39, 0.29) is 5.41 Å². The van der Waals surface area contributed by atoms with E-state index in [1.165, 1.54) is 5.56 Å². The Bertz CT molecular complexity index is 440. The van der Waals surface area contributed by atoms with Crippen LogP contribution in [0.3, 0.4) is 0 Å². The predicted octanol–water partition coefficient (Wildman–Crippen LogP) is 5.51. The molecule has 0 bridgehead atoms. The van der Waals surface area contributed by atoms with Crippen LogP contribution in [-0.4, -0.2) is 10.9 Å². The molecule has 1 fully saturated rings. The molecule has 1 aromatic rings. The number of rotatable bonds is 3. The number of hydrogen-bond donors (Lipinski definition) is 0. The predicted molar refractivity (Wildman–Crippen MR) is 83.8 cm³/mol. The fourth-order valence-corrected chi connectivity index (χ4v) is 3.28. The lowest BCUT2D eigenvalue weighted by Gasteiger charge is -2.49. The van der Waals surface area contributed by atoms with Gasteiger partial charge in [0.25, 0.3) is 0 Å². The van der Waals surface area contributed by atoms with E-state index in [4.69, 9.17) is 4.74 Å². The molecule has 100 valence electrons. The molecule has 2 rings (SSSR count). The van der Waals surface area contributed by atoms with Crippen molar-refractivity contribution >= 4 is 31.9 Å². The average molecular weight is 376 g/mol. The van der Waals surface area contributed by atoms with Crippen molar-refractivity contribution in [2.75, 3.05) is 0 Å². The van der Waals surface area contributed by atoms with Crippen LogP contribution in [-0.2, 0) is 0 Å². The maximum Gasteiger partial charge on any atom is 0.123 e. The first-order valence-electron chi connectivity index (χ1n) is 6.42. The lowest BCUT2D eigenvalue weighted by atomic mass is 9.69. The summed E-state index contributed by atoms with van der Waals surface area (Å²) in [4.78, 5) is 0.563. The lowest BCUT2D eigenvalue weighted by Crippen LogP contribution is -2.53. The van der Waals surface area contributed by atoms with E-state index >= 15 is 0 Å². The van der Waals surface area contributed by atoms with Gasteiger partial charge < -0.3 is 4.74 Å². The largest absolute Gasteiger partial charge is 0.489 e. The molecule has 2 atom stereocenters. The Hall–Kier alpha value is -0.0200. The zero-order chi connectivity index (χ0) is 13.5. The molecular weight excluding hydrogens is 356 g/mol. The van der Waals surface area contributed by atoms with Gasteiger partial charge in [0.15, 0.2) is 0 Å². The highest BCUT2D eigenvalue weighted by molar-refractivity contribution is 9.10. The molecule has 0 amide bonds. The fourth-order valence-electron chi connectivity index (χ4n) is 2.27. The van der Waals surface area contributed by atoms with Crippen LogP contribution in [0.5, 0.6) is 5.75 Å². The Morgan fingerprint density at radius 2 is 2.00 bits per heavy atom. The summed E-state index contributed by atoms with van der Waals surface area (Å²) >= 11 is 7.24. The van der Waals surface area contributed by atoms with E-state index in [9.17, 15) is 0 Å². The molecule has 1 nitrogen and oxygen atoms in total.